The molecule has 0 aromatic heterocycles. The van der Waals surface area contributed by atoms with Crippen molar-refractivity contribution in [3.05, 3.63) is 34.9 Å². The average Bonchev–Trinajstić information content (AvgIpc) is 2.65. The Morgan fingerprint density at radius 2 is 2.05 bits per heavy atom. The molecule has 3 aliphatic rings. The third kappa shape index (κ3) is 1.35. The number of aryl methyl sites for hydroxylation is 1. The maximum Gasteiger partial charge on any atom is 0.0334 e. The second-order valence-corrected chi connectivity index (χ2v) is 7.23. The Labute approximate surface area is 116 Å². The number of piperidine rings is 1. The van der Waals surface area contributed by atoms with E-state index in [4.69, 9.17) is 0 Å². The minimum Gasteiger partial charge on any atom is -0.307 e. The summed E-state index contributed by atoms with van der Waals surface area (Å²) in [6.45, 7) is 7.27. The Kier molecular flexibility index (Phi) is 2.42. The molecule has 0 amide bonds. The lowest BCUT2D eigenvalue weighted by Crippen LogP contribution is -2.55. The summed E-state index contributed by atoms with van der Waals surface area (Å²) in [6, 6.07) is 8.25. The summed E-state index contributed by atoms with van der Waals surface area (Å²) >= 11 is 0. The van der Waals surface area contributed by atoms with Gasteiger partial charge in [0, 0.05) is 17.5 Å². The third-order valence-corrected chi connectivity index (χ3v) is 6.45. The topological polar surface area (TPSA) is 12.0 Å². The van der Waals surface area contributed by atoms with Crippen molar-refractivity contribution in [2.24, 2.45) is 11.8 Å². The van der Waals surface area contributed by atoms with Crippen LogP contribution in [-0.2, 0) is 5.41 Å². The van der Waals surface area contributed by atoms with Crippen LogP contribution in [0.1, 0.15) is 62.3 Å². The van der Waals surface area contributed by atoms with Gasteiger partial charge in [-0.2, -0.15) is 0 Å². The van der Waals surface area contributed by atoms with Crippen LogP contribution in [0.4, 0.5) is 0 Å². The standard InChI is InChI=1S/C18H25N/c1-11-6-4-8-14-16-10-18(17(11)14)12(2)7-5-9-15(18)13(3)19-16/h4,6,8,12-13,15-16,19H,5,7,9-10H2,1-3H3/t12?,13-,15?,16?,18+/m1/s1. The van der Waals surface area contributed by atoms with Gasteiger partial charge in [0.15, 0.2) is 0 Å². The normalized spacial score (nSPS) is 43.7. The molecule has 19 heavy (non-hydrogen) atoms. The van der Waals surface area contributed by atoms with Gasteiger partial charge in [-0.25, -0.2) is 0 Å². The van der Waals surface area contributed by atoms with E-state index in [0.717, 1.165) is 11.8 Å². The quantitative estimate of drug-likeness (QED) is 0.736. The van der Waals surface area contributed by atoms with Crippen LogP contribution in [0.5, 0.6) is 0 Å². The number of hydrogen-bond acceptors (Lipinski definition) is 1. The van der Waals surface area contributed by atoms with E-state index >= 15 is 0 Å². The van der Waals surface area contributed by atoms with Crippen molar-refractivity contribution in [3.8, 4) is 0 Å². The number of benzene rings is 1. The van der Waals surface area contributed by atoms with Crippen molar-refractivity contribution in [1.29, 1.82) is 0 Å². The zero-order chi connectivity index (χ0) is 13.2. The molecule has 1 heteroatoms. The lowest BCUT2D eigenvalue weighted by Gasteiger charge is -2.53. The fourth-order valence-corrected chi connectivity index (χ4v) is 5.75. The summed E-state index contributed by atoms with van der Waals surface area (Å²) in [4.78, 5) is 0. The van der Waals surface area contributed by atoms with E-state index in [0.29, 0.717) is 17.5 Å². The van der Waals surface area contributed by atoms with E-state index in [-0.39, 0.29) is 0 Å². The van der Waals surface area contributed by atoms with Crippen molar-refractivity contribution < 1.29 is 0 Å². The van der Waals surface area contributed by atoms with Crippen LogP contribution in [0.3, 0.4) is 0 Å². The SMILES string of the molecule is Cc1cccc2c1[C@]13CC2N[C@H](C)C1CCCC3C. The van der Waals surface area contributed by atoms with E-state index in [1.165, 1.54) is 31.2 Å². The smallest absolute Gasteiger partial charge is 0.0334 e. The summed E-state index contributed by atoms with van der Waals surface area (Å²) < 4.78 is 0. The van der Waals surface area contributed by atoms with Crippen molar-refractivity contribution in [2.45, 2.75) is 64.0 Å². The summed E-state index contributed by atoms with van der Waals surface area (Å²) in [7, 11) is 0. The first-order chi connectivity index (χ1) is 9.14. The lowest BCUT2D eigenvalue weighted by atomic mass is 9.54. The second kappa shape index (κ2) is 3.85. The van der Waals surface area contributed by atoms with Gasteiger partial charge in [0.05, 0.1) is 0 Å². The van der Waals surface area contributed by atoms with E-state index in [1.54, 1.807) is 11.1 Å². The molecule has 2 bridgehead atoms. The molecule has 1 aromatic carbocycles. The second-order valence-electron chi connectivity index (χ2n) is 7.23. The Balaban J connectivity index is 1.98. The van der Waals surface area contributed by atoms with Gasteiger partial charge in [0.2, 0.25) is 0 Å². The first-order valence-electron chi connectivity index (χ1n) is 8.00. The Bertz CT molecular complexity index is 520. The van der Waals surface area contributed by atoms with Gasteiger partial charge < -0.3 is 5.32 Å². The molecule has 2 aliphatic carbocycles. The number of fused-ring (bicyclic) bond motifs is 3. The molecule has 1 nitrogen and oxygen atoms in total. The molecular weight excluding hydrogens is 230 g/mol. The first kappa shape index (κ1) is 12.0. The van der Waals surface area contributed by atoms with Crippen molar-refractivity contribution in [3.63, 3.8) is 0 Å². The van der Waals surface area contributed by atoms with Crippen LogP contribution in [0.15, 0.2) is 18.2 Å². The first-order valence-corrected chi connectivity index (χ1v) is 8.00. The highest BCUT2D eigenvalue weighted by molar-refractivity contribution is 5.50. The Hall–Kier alpha value is -0.820. The van der Waals surface area contributed by atoms with Crippen LogP contribution in [0, 0.1) is 18.8 Å². The molecule has 1 saturated heterocycles. The molecule has 2 fully saturated rings. The highest BCUT2D eigenvalue weighted by Gasteiger charge is 2.58. The minimum atomic E-state index is 0.480. The van der Waals surface area contributed by atoms with E-state index in [2.05, 4.69) is 44.3 Å². The Morgan fingerprint density at radius 3 is 2.89 bits per heavy atom. The molecule has 1 aliphatic heterocycles. The van der Waals surface area contributed by atoms with E-state index < -0.39 is 0 Å². The van der Waals surface area contributed by atoms with E-state index in [1.807, 2.05) is 0 Å². The maximum absolute atomic E-state index is 3.91. The number of rotatable bonds is 0. The van der Waals surface area contributed by atoms with Crippen LogP contribution in [0.2, 0.25) is 0 Å². The predicted molar refractivity (Wildman–Crippen MR) is 79.3 cm³/mol. The molecule has 1 aromatic rings. The molecule has 1 saturated carbocycles. The van der Waals surface area contributed by atoms with E-state index in [9.17, 15) is 0 Å². The van der Waals surface area contributed by atoms with Crippen LogP contribution < -0.4 is 5.32 Å². The molecule has 3 unspecified atom stereocenters. The number of hydrogen-bond donors (Lipinski definition) is 1. The summed E-state index contributed by atoms with van der Waals surface area (Å²) in [5, 5.41) is 3.91. The molecule has 1 spiro atoms. The van der Waals surface area contributed by atoms with Gasteiger partial charge in [-0.05, 0) is 61.6 Å². The largest absolute Gasteiger partial charge is 0.307 e. The van der Waals surface area contributed by atoms with Crippen molar-refractivity contribution in [1.82, 2.24) is 5.32 Å². The number of nitrogens with one attached hydrogen (secondary N) is 1. The Morgan fingerprint density at radius 1 is 1.21 bits per heavy atom. The molecule has 0 radical (unpaired) electrons. The minimum absolute atomic E-state index is 0.480. The summed E-state index contributed by atoms with van der Waals surface area (Å²) in [6.07, 6.45) is 5.61. The fourth-order valence-electron chi connectivity index (χ4n) is 5.75. The zero-order valence-corrected chi connectivity index (χ0v) is 12.4. The van der Waals surface area contributed by atoms with Gasteiger partial charge in [-0.15, -0.1) is 0 Å². The van der Waals surface area contributed by atoms with Gasteiger partial charge in [-0.1, -0.05) is 31.5 Å². The monoisotopic (exact) mass is 255 g/mol. The van der Waals surface area contributed by atoms with Gasteiger partial charge in [-0.3, -0.25) is 0 Å². The average molecular weight is 255 g/mol. The van der Waals surface area contributed by atoms with Crippen LogP contribution in [0.25, 0.3) is 0 Å². The highest BCUT2D eigenvalue weighted by atomic mass is 15.0. The predicted octanol–water partition coefficient (Wildman–Crippen LogP) is 4.11. The maximum atomic E-state index is 3.91. The summed E-state index contributed by atoms with van der Waals surface area (Å²) in [5.74, 6) is 1.69. The molecule has 5 atom stereocenters. The molecule has 1 N–H and O–H groups in total. The van der Waals surface area contributed by atoms with Crippen LogP contribution in [-0.4, -0.2) is 6.04 Å². The lowest BCUT2D eigenvalue weighted by molar-refractivity contribution is 0.0476. The molecule has 4 rings (SSSR count). The van der Waals surface area contributed by atoms with Crippen molar-refractivity contribution in [2.75, 3.05) is 0 Å². The fraction of sp³-hybridized carbons (Fsp3) is 0.667. The zero-order valence-electron chi connectivity index (χ0n) is 12.4. The highest BCUT2D eigenvalue weighted by Crippen LogP contribution is 2.62. The van der Waals surface area contributed by atoms with Crippen molar-refractivity contribution >= 4 is 0 Å². The summed E-state index contributed by atoms with van der Waals surface area (Å²) in [5.41, 5.74) is 5.36. The molecular formula is C18H25N. The van der Waals surface area contributed by atoms with Gasteiger partial charge >= 0.3 is 0 Å². The van der Waals surface area contributed by atoms with Gasteiger partial charge in [0.1, 0.15) is 0 Å². The van der Waals surface area contributed by atoms with Gasteiger partial charge in [0.25, 0.3) is 0 Å². The third-order valence-electron chi connectivity index (χ3n) is 6.45. The molecule has 1 heterocycles. The molecule has 102 valence electrons. The van der Waals surface area contributed by atoms with Crippen LogP contribution >= 0.6 is 0 Å².